The Morgan fingerprint density at radius 2 is 2.07 bits per heavy atom. The number of hydrogen-bond acceptors (Lipinski definition) is 2. The van der Waals surface area contributed by atoms with Crippen molar-refractivity contribution in [2.24, 2.45) is 0 Å². The molecule has 0 amide bonds. The normalized spacial score (nSPS) is 16.0. The van der Waals surface area contributed by atoms with E-state index in [1.165, 1.54) is 0 Å². The van der Waals surface area contributed by atoms with E-state index in [9.17, 15) is 4.21 Å². The van der Waals surface area contributed by atoms with Gasteiger partial charge in [-0.05, 0) is 39.8 Å². The highest BCUT2D eigenvalue weighted by Crippen LogP contribution is 2.14. The molecule has 0 spiro atoms. The number of rotatable bonds is 3. The maximum absolute atomic E-state index is 11.8. The smallest absolute Gasteiger partial charge is 0.0976 e. The van der Waals surface area contributed by atoms with E-state index in [4.69, 9.17) is 0 Å². The molecule has 4 heteroatoms. The number of nitrogens with one attached hydrogen (secondary N) is 1. The van der Waals surface area contributed by atoms with Gasteiger partial charge in [-0.25, -0.2) is 8.93 Å². The summed E-state index contributed by atoms with van der Waals surface area (Å²) in [5.41, 5.74) is 0.912. The van der Waals surface area contributed by atoms with Crippen LogP contribution in [-0.4, -0.2) is 13.9 Å². The molecule has 2 atom stereocenters. The number of pyridine rings is 1. The summed E-state index contributed by atoms with van der Waals surface area (Å²) in [6.07, 6.45) is 1.74. The van der Waals surface area contributed by atoms with Crippen molar-refractivity contribution in [1.82, 2.24) is 9.71 Å². The summed E-state index contributed by atoms with van der Waals surface area (Å²) in [4.78, 5) is 4.22. The van der Waals surface area contributed by atoms with E-state index in [1.54, 1.807) is 6.20 Å². The molecule has 1 aromatic heterocycles. The molecule has 1 heterocycles. The molecule has 0 radical (unpaired) electrons. The summed E-state index contributed by atoms with van der Waals surface area (Å²) in [7, 11) is -1.06. The fourth-order valence-electron chi connectivity index (χ4n) is 1.03. The number of hydrogen-bond donors (Lipinski definition) is 1. The molecule has 0 unspecified atom stereocenters. The largest absolute Gasteiger partial charge is 0.260 e. The molecule has 1 rings (SSSR count). The van der Waals surface area contributed by atoms with Gasteiger partial charge in [-0.1, -0.05) is 6.07 Å². The summed E-state index contributed by atoms with van der Waals surface area (Å²) in [5.74, 6) is 0. The second kappa shape index (κ2) is 4.86. The predicted octanol–water partition coefficient (Wildman–Crippen LogP) is 2.19. The molecule has 0 saturated heterocycles. The van der Waals surface area contributed by atoms with Crippen LogP contribution in [0.3, 0.4) is 0 Å². The summed E-state index contributed by atoms with van der Waals surface area (Å²) in [6.45, 7) is 7.80. The lowest BCUT2D eigenvalue weighted by molar-refractivity contribution is 0.611. The van der Waals surface area contributed by atoms with Gasteiger partial charge in [-0.15, -0.1) is 0 Å². The third kappa shape index (κ3) is 3.72. The molecule has 1 aromatic rings. The third-order valence-electron chi connectivity index (χ3n) is 1.97. The van der Waals surface area contributed by atoms with Crippen LogP contribution in [0.4, 0.5) is 0 Å². The van der Waals surface area contributed by atoms with Crippen molar-refractivity contribution in [1.29, 1.82) is 0 Å². The van der Waals surface area contributed by atoms with Crippen LogP contribution >= 0.6 is 0 Å². The fraction of sp³-hybridized carbons (Fsp3) is 0.545. The monoisotopic (exact) mass is 226 g/mol. The van der Waals surface area contributed by atoms with Gasteiger partial charge in [0.2, 0.25) is 0 Å². The van der Waals surface area contributed by atoms with E-state index in [-0.39, 0.29) is 10.8 Å². The van der Waals surface area contributed by atoms with Crippen LogP contribution in [0.1, 0.15) is 39.4 Å². The first-order valence-corrected chi connectivity index (χ1v) is 6.15. The lowest BCUT2D eigenvalue weighted by Gasteiger charge is -2.21. The minimum atomic E-state index is -1.06. The van der Waals surface area contributed by atoms with Crippen molar-refractivity contribution >= 4 is 11.0 Å². The zero-order chi connectivity index (χ0) is 11.5. The van der Waals surface area contributed by atoms with Crippen LogP contribution < -0.4 is 4.72 Å². The lowest BCUT2D eigenvalue weighted by Crippen LogP contribution is -2.35. The van der Waals surface area contributed by atoms with Gasteiger partial charge < -0.3 is 0 Å². The van der Waals surface area contributed by atoms with Crippen LogP contribution in [0.25, 0.3) is 0 Å². The zero-order valence-corrected chi connectivity index (χ0v) is 10.5. The van der Waals surface area contributed by atoms with Crippen LogP contribution in [0.15, 0.2) is 24.4 Å². The van der Waals surface area contributed by atoms with Gasteiger partial charge in [0.1, 0.15) is 0 Å². The van der Waals surface area contributed by atoms with Gasteiger partial charge >= 0.3 is 0 Å². The number of aromatic nitrogens is 1. The van der Waals surface area contributed by atoms with Gasteiger partial charge in [0, 0.05) is 6.20 Å². The average molecular weight is 226 g/mol. The minimum absolute atomic E-state index is 0.00579. The Kier molecular flexibility index (Phi) is 3.99. The van der Waals surface area contributed by atoms with E-state index in [2.05, 4.69) is 9.71 Å². The predicted molar refractivity (Wildman–Crippen MR) is 63.7 cm³/mol. The molecule has 0 aliphatic carbocycles. The van der Waals surface area contributed by atoms with Crippen LogP contribution in [0.2, 0.25) is 0 Å². The maximum atomic E-state index is 11.8. The van der Waals surface area contributed by atoms with E-state index in [0.717, 1.165) is 5.69 Å². The zero-order valence-electron chi connectivity index (χ0n) is 9.65. The molecular weight excluding hydrogens is 208 g/mol. The molecule has 0 bridgehead atoms. The molecule has 0 aromatic carbocycles. The lowest BCUT2D eigenvalue weighted by atomic mass is 10.2. The highest BCUT2D eigenvalue weighted by atomic mass is 32.2. The topological polar surface area (TPSA) is 42.0 Å². The van der Waals surface area contributed by atoms with Gasteiger partial charge in [0.15, 0.2) is 0 Å². The van der Waals surface area contributed by atoms with E-state index >= 15 is 0 Å². The first kappa shape index (κ1) is 12.3. The molecule has 3 nitrogen and oxygen atoms in total. The molecule has 84 valence electrons. The Bertz CT molecular complexity index is 332. The van der Waals surface area contributed by atoms with Gasteiger partial charge in [-0.2, -0.15) is 0 Å². The Hall–Kier alpha value is -0.740. The fourth-order valence-corrected chi connectivity index (χ4v) is 1.83. The van der Waals surface area contributed by atoms with Crippen molar-refractivity contribution in [3.8, 4) is 0 Å². The van der Waals surface area contributed by atoms with E-state index in [0.29, 0.717) is 0 Å². The summed E-state index contributed by atoms with van der Waals surface area (Å²) in [6, 6.07) is 5.74. The average Bonchev–Trinajstić information content (AvgIpc) is 2.17. The Morgan fingerprint density at radius 3 is 2.53 bits per heavy atom. The van der Waals surface area contributed by atoms with Crippen molar-refractivity contribution in [2.75, 3.05) is 0 Å². The molecular formula is C11H18N2OS. The molecule has 0 aliphatic heterocycles. The number of nitrogens with zero attached hydrogens (tertiary/aromatic N) is 1. The SMILES string of the molecule is C[C@H](N[S@@](=O)C(C)(C)C)c1ccccn1. The maximum Gasteiger partial charge on any atom is 0.0976 e. The van der Waals surface area contributed by atoms with Gasteiger partial charge in [0.25, 0.3) is 0 Å². The molecule has 0 fully saturated rings. The summed E-state index contributed by atoms with van der Waals surface area (Å²) >= 11 is 0. The van der Waals surface area contributed by atoms with Crippen molar-refractivity contribution in [3.05, 3.63) is 30.1 Å². The Balaban J connectivity index is 2.65. The van der Waals surface area contributed by atoms with Crippen LogP contribution in [0, 0.1) is 0 Å². The summed E-state index contributed by atoms with van der Waals surface area (Å²) in [5, 5.41) is 0. The van der Waals surface area contributed by atoms with Crippen molar-refractivity contribution < 1.29 is 4.21 Å². The minimum Gasteiger partial charge on any atom is -0.260 e. The van der Waals surface area contributed by atoms with Gasteiger partial charge in [-0.3, -0.25) is 4.98 Å². The van der Waals surface area contributed by atoms with Crippen molar-refractivity contribution in [2.45, 2.75) is 38.5 Å². The first-order chi connectivity index (χ1) is 6.91. The quantitative estimate of drug-likeness (QED) is 0.858. The van der Waals surface area contributed by atoms with Crippen molar-refractivity contribution in [3.63, 3.8) is 0 Å². The molecule has 0 saturated carbocycles. The van der Waals surface area contributed by atoms with Gasteiger partial charge in [0.05, 0.1) is 27.5 Å². The molecule has 15 heavy (non-hydrogen) atoms. The first-order valence-electron chi connectivity index (χ1n) is 5.00. The Labute approximate surface area is 93.9 Å². The second-order valence-corrected chi connectivity index (χ2v) is 6.47. The molecule has 1 N–H and O–H groups in total. The van der Waals surface area contributed by atoms with E-state index < -0.39 is 11.0 Å². The van der Waals surface area contributed by atoms with Crippen LogP contribution in [-0.2, 0) is 11.0 Å². The highest BCUT2D eigenvalue weighted by Gasteiger charge is 2.21. The third-order valence-corrected chi connectivity index (χ3v) is 3.65. The van der Waals surface area contributed by atoms with E-state index in [1.807, 2.05) is 45.9 Å². The molecule has 0 aliphatic rings. The highest BCUT2D eigenvalue weighted by molar-refractivity contribution is 7.84. The Morgan fingerprint density at radius 1 is 1.40 bits per heavy atom. The van der Waals surface area contributed by atoms with Crippen LogP contribution in [0.5, 0.6) is 0 Å². The second-order valence-electron chi connectivity index (χ2n) is 4.48. The standard InChI is InChI=1S/C11H18N2OS/c1-9(10-7-5-6-8-12-10)13-15(14)11(2,3)4/h5-9,13H,1-4H3/t9-,15-/m0/s1. The summed E-state index contributed by atoms with van der Waals surface area (Å²) < 4.78 is 14.6.